The van der Waals surface area contributed by atoms with Gasteiger partial charge in [0.05, 0.1) is 25.4 Å². The van der Waals surface area contributed by atoms with E-state index in [2.05, 4.69) is 15.2 Å². The topological polar surface area (TPSA) is 104 Å². The molecule has 0 aromatic carbocycles. The number of carbonyl (C=O) groups excluding carboxylic acids is 1. The van der Waals surface area contributed by atoms with Crippen molar-refractivity contribution in [2.45, 2.75) is 30.6 Å². The zero-order valence-corrected chi connectivity index (χ0v) is 14.3. The van der Waals surface area contributed by atoms with Gasteiger partial charge in [-0.1, -0.05) is 6.07 Å². The molecule has 2 heterocycles. The van der Waals surface area contributed by atoms with Crippen LogP contribution in [0.5, 0.6) is 0 Å². The number of anilines is 1. The third-order valence-corrected chi connectivity index (χ3v) is 4.83. The number of ether oxygens (including phenoxy) is 2. The number of morpholine rings is 1. The predicted octanol–water partition coefficient (Wildman–Crippen LogP) is -0.741. The Hall–Kier alpha value is -1.74. The van der Waals surface area contributed by atoms with Gasteiger partial charge in [-0.3, -0.25) is 4.79 Å². The highest BCUT2D eigenvalue weighted by Crippen LogP contribution is 2.35. The van der Waals surface area contributed by atoms with Crippen molar-refractivity contribution in [2.75, 3.05) is 44.9 Å². The molecular weight excluding hydrogens is 326 g/mol. The van der Waals surface area contributed by atoms with E-state index in [0.29, 0.717) is 19.6 Å². The molecule has 0 unspecified atom stereocenters. The fraction of sp³-hybridized carbons (Fsp3) is 0.647. The summed E-state index contributed by atoms with van der Waals surface area (Å²) in [5.41, 5.74) is 0.885. The number of carbonyl (C=O) groups is 1. The highest BCUT2D eigenvalue weighted by molar-refractivity contribution is 5.77. The Labute approximate surface area is 146 Å². The maximum absolute atomic E-state index is 11.8. The lowest BCUT2D eigenvalue weighted by atomic mass is 9.95. The average molecular weight is 351 g/mol. The van der Waals surface area contributed by atoms with Crippen LogP contribution >= 0.6 is 0 Å². The molecule has 3 N–H and O–H groups in total. The molecule has 1 aliphatic heterocycles. The number of aromatic nitrogens is 1. The molecule has 25 heavy (non-hydrogen) atoms. The van der Waals surface area contributed by atoms with Crippen molar-refractivity contribution >= 4 is 11.7 Å². The zero-order chi connectivity index (χ0) is 17.8. The van der Waals surface area contributed by atoms with Crippen molar-refractivity contribution in [3.63, 3.8) is 0 Å². The van der Waals surface area contributed by atoms with E-state index < -0.39 is 18.2 Å². The van der Waals surface area contributed by atoms with E-state index in [9.17, 15) is 15.0 Å². The Morgan fingerprint density at radius 1 is 1.40 bits per heavy atom. The van der Waals surface area contributed by atoms with Gasteiger partial charge in [-0.25, -0.2) is 4.98 Å². The fourth-order valence-electron chi connectivity index (χ4n) is 3.51. The Morgan fingerprint density at radius 3 is 2.80 bits per heavy atom. The van der Waals surface area contributed by atoms with Gasteiger partial charge in [0.1, 0.15) is 18.5 Å². The molecule has 8 nitrogen and oxygen atoms in total. The average Bonchev–Trinajstić information content (AvgIpc) is 2.91. The molecule has 138 valence electrons. The van der Waals surface area contributed by atoms with Crippen molar-refractivity contribution in [1.29, 1.82) is 0 Å². The van der Waals surface area contributed by atoms with Crippen LogP contribution in [0.25, 0.3) is 0 Å². The first-order valence-electron chi connectivity index (χ1n) is 8.53. The van der Waals surface area contributed by atoms with Crippen molar-refractivity contribution < 1.29 is 24.5 Å². The highest BCUT2D eigenvalue weighted by atomic mass is 16.5. The smallest absolute Gasteiger partial charge is 0.246 e. The molecule has 0 spiro atoms. The molecule has 1 saturated heterocycles. The SMILES string of the molecule is COCC(=O)N[C@H]1[C@H](O)[C@H](O)C[C@@H]1c1ccc(N2CCOCC2)nc1. The van der Waals surface area contributed by atoms with E-state index in [0.717, 1.165) is 24.5 Å². The van der Waals surface area contributed by atoms with E-state index in [-0.39, 0.29) is 18.4 Å². The first-order valence-corrected chi connectivity index (χ1v) is 8.53. The molecule has 1 saturated carbocycles. The Kier molecular flexibility index (Phi) is 5.85. The van der Waals surface area contributed by atoms with Crippen molar-refractivity contribution in [1.82, 2.24) is 10.3 Å². The number of aliphatic hydroxyl groups excluding tert-OH is 2. The third-order valence-electron chi connectivity index (χ3n) is 4.83. The molecule has 1 aromatic rings. The highest BCUT2D eigenvalue weighted by Gasteiger charge is 2.43. The summed E-state index contributed by atoms with van der Waals surface area (Å²) < 4.78 is 10.2. The molecule has 0 radical (unpaired) electrons. The van der Waals surface area contributed by atoms with Gasteiger partial charge in [0.15, 0.2) is 0 Å². The van der Waals surface area contributed by atoms with Gasteiger partial charge in [-0.2, -0.15) is 0 Å². The first-order chi connectivity index (χ1) is 12.1. The van der Waals surface area contributed by atoms with E-state index in [1.165, 1.54) is 7.11 Å². The number of methoxy groups -OCH3 is 1. The summed E-state index contributed by atoms with van der Waals surface area (Å²) in [5.74, 6) is 0.367. The van der Waals surface area contributed by atoms with Gasteiger partial charge in [0.25, 0.3) is 0 Å². The number of hydrogen-bond acceptors (Lipinski definition) is 7. The second-order valence-corrected chi connectivity index (χ2v) is 6.48. The number of hydrogen-bond donors (Lipinski definition) is 3. The van der Waals surface area contributed by atoms with Crippen LogP contribution in [-0.4, -0.2) is 79.4 Å². The third kappa shape index (κ3) is 4.09. The minimum absolute atomic E-state index is 0.0831. The minimum Gasteiger partial charge on any atom is -0.390 e. The first kappa shape index (κ1) is 18.1. The minimum atomic E-state index is -1.01. The van der Waals surface area contributed by atoms with Crippen LogP contribution in [0.4, 0.5) is 5.82 Å². The quantitative estimate of drug-likeness (QED) is 0.642. The molecule has 3 rings (SSSR count). The maximum Gasteiger partial charge on any atom is 0.246 e. The number of aliphatic hydroxyl groups is 2. The zero-order valence-electron chi connectivity index (χ0n) is 14.3. The van der Waals surface area contributed by atoms with E-state index in [1.807, 2.05) is 12.1 Å². The van der Waals surface area contributed by atoms with Crippen LogP contribution in [0, 0.1) is 0 Å². The standard InChI is InChI=1S/C17H25N3O5/c1-24-10-15(22)19-16-12(8-13(21)17(16)23)11-2-3-14(18-9-11)20-4-6-25-7-5-20/h2-3,9,12-13,16-17,21,23H,4-8,10H2,1H3,(H,19,22)/t12-,13-,16-,17-/m1/s1. The molecular formula is C17H25N3O5. The molecule has 2 aliphatic rings. The summed E-state index contributed by atoms with van der Waals surface area (Å²) in [6, 6.07) is 3.32. The fourth-order valence-corrected chi connectivity index (χ4v) is 3.51. The molecule has 0 bridgehead atoms. The van der Waals surface area contributed by atoms with Gasteiger partial charge in [-0.15, -0.1) is 0 Å². The van der Waals surface area contributed by atoms with Crippen LogP contribution in [0.1, 0.15) is 17.9 Å². The van der Waals surface area contributed by atoms with Crippen molar-refractivity contribution in [3.05, 3.63) is 23.9 Å². The number of nitrogens with one attached hydrogen (secondary N) is 1. The summed E-state index contributed by atoms with van der Waals surface area (Å²) in [6.07, 6.45) is 0.245. The van der Waals surface area contributed by atoms with Crippen molar-refractivity contribution in [3.8, 4) is 0 Å². The molecule has 4 atom stereocenters. The molecule has 1 amide bonds. The monoisotopic (exact) mass is 351 g/mol. The predicted molar refractivity (Wildman–Crippen MR) is 90.4 cm³/mol. The maximum atomic E-state index is 11.8. The summed E-state index contributed by atoms with van der Waals surface area (Å²) >= 11 is 0. The van der Waals surface area contributed by atoms with E-state index >= 15 is 0 Å². The van der Waals surface area contributed by atoms with Gasteiger partial charge in [0, 0.05) is 32.3 Å². The van der Waals surface area contributed by atoms with Gasteiger partial charge < -0.3 is 29.9 Å². The molecule has 1 aliphatic carbocycles. The number of amides is 1. The summed E-state index contributed by atoms with van der Waals surface area (Å²) in [4.78, 5) is 18.5. The van der Waals surface area contributed by atoms with Gasteiger partial charge >= 0.3 is 0 Å². The Bertz CT molecular complexity index is 576. The normalized spacial score (nSPS) is 29.6. The number of pyridine rings is 1. The lowest BCUT2D eigenvalue weighted by Gasteiger charge is -2.28. The molecule has 2 fully saturated rings. The number of nitrogens with zero attached hydrogens (tertiary/aromatic N) is 2. The van der Waals surface area contributed by atoms with Crippen LogP contribution in [0.15, 0.2) is 18.3 Å². The summed E-state index contributed by atoms with van der Waals surface area (Å²) in [5, 5.41) is 23.0. The van der Waals surface area contributed by atoms with Gasteiger partial charge in [-0.05, 0) is 18.1 Å². The molecule has 8 heteroatoms. The van der Waals surface area contributed by atoms with Crippen LogP contribution < -0.4 is 10.2 Å². The van der Waals surface area contributed by atoms with E-state index in [4.69, 9.17) is 9.47 Å². The molecule has 1 aromatic heterocycles. The Balaban J connectivity index is 1.72. The summed E-state index contributed by atoms with van der Waals surface area (Å²) in [6.45, 7) is 2.92. The largest absolute Gasteiger partial charge is 0.390 e. The van der Waals surface area contributed by atoms with Crippen LogP contribution in [0.2, 0.25) is 0 Å². The van der Waals surface area contributed by atoms with Gasteiger partial charge in [0.2, 0.25) is 5.91 Å². The van der Waals surface area contributed by atoms with Crippen molar-refractivity contribution in [2.24, 2.45) is 0 Å². The lowest BCUT2D eigenvalue weighted by molar-refractivity contribution is -0.126. The van der Waals surface area contributed by atoms with Crippen LogP contribution in [-0.2, 0) is 14.3 Å². The van der Waals surface area contributed by atoms with Crippen LogP contribution in [0.3, 0.4) is 0 Å². The number of rotatable bonds is 5. The Morgan fingerprint density at radius 2 is 2.16 bits per heavy atom. The second kappa shape index (κ2) is 8.09. The van der Waals surface area contributed by atoms with E-state index in [1.54, 1.807) is 6.20 Å². The summed E-state index contributed by atoms with van der Waals surface area (Å²) in [7, 11) is 1.44. The second-order valence-electron chi connectivity index (χ2n) is 6.48. The lowest BCUT2D eigenvalue weighted by Crippen LogP contribution is -2.46.